The smallest absolute Gasteiger partial charge is 0.264 e. The van der Waals surface area contributed by atoms with Crippen molar-refractivity contribution < 1.29 is 23.5 Å². The predicted octanol–water partition coefficient (Wildman–Crippen LogP) is 3.15. The number of carbonyl (C=O) groups is 1. The van der Waals surface area contributed by atoms with Gasteiger partial charge in [0, 0.05) is 5.56 Å². The topological polar surface area (TPSA) is 83.7 Å². The summed E-state index contributed by atoms with van der Waals surface area (Å²) in [6.45, 7) is 0.0684. The number of ether oxygens (including phenoxy) is 3. The van der Waals surface area contributed by atoms with Gasteiger partial charge in [-0.05, 0) is 30.3 Å². The molecule has 0 unspecified atom stereocenters. The molecule has 128 valence electrons. The van der Waals surface area contributed by atoms with Crippen molar-refractivity contribution in [2.45, 2.75) is 6.61 Å². The van der Waals surface area contributed by atoms with E-state index in [0.29, 0.717) is 34.5 Å². The monoisotopic (exact) mass is 340 g/mol. The van der Waals surface area contributed by atoms with E-state index in [1.807, 2.05) is 24.3 Å². The van der Waals surface area contributed by atoms with E-state index in [1.165, 1.54) is 7.11 Å². The molecule has 1 heterocycles. The highest BCUT2D eigenvalue weighted by Crippen LogP contribution is 2.29. The van der Waals surface area contributed by atoms with Gasteiger partial charge in [-0.25, -0.2) is 0 Å². The van der Waals surface area contributed by atoms with E-state index in [4.69, 9.17) is 18.7 Å². The first kappa shape index (κ1) is 16.5. The van der Waals surface area contributed by atoms with Crippen LogP contribution in [0.1, 0.15) is 16.2 Å². The van der Waals surface area contributed by atoms with E-state index < -0.39 is 0 Å². The molecule has 0 saturated heterocycles. The van der Waals surface area contributed by atoms with Gasteiger partial charge in [0.1, 0.15) is 12.0 Å². The number of para-hydroxylation sites is 1. The molecule has 0 saturated carbocycles. The van der Waals surface area contributed by atoms with Crippen LogP contribution in [-0.4, -0.2) is 30.6 Å². The lowest BCUT2D eigenvalue weighted by atomic mass is 10.2. The number of nitrogens with zero attached hydrogens (tertiary/aromatic N) is 2. The third kappa shape index (κ3) is 3.60. The fourth-order valence-corrected chi connectivity index (χ4v) is 2.27. The lowest BCUT2D eigenvalue weighted by Gasteiger charge is -2.09. The van der Waals surface area contributed by atoms with Crippen LogP contribution >= 0.6 is 0 Å². The largest absolute Gasteiger partial charge is 0.496 e. The Morgan fingerprint density at radius 1 is 1.04 bits per heavy atom. The van der Waals surface area contributed by atoms with Crippen molar-refractivity contribution in [3.8, 4) is 28.6 Å². The Kier molecular flexibility index (Phi) is 4.94. The molecule has 0 aliphatic rings. The quantitative estimate of drug-likeness (QED) is 0.611. The fraction of sp³-hybridized carbons (Fsp3) is 0.167. The Morgan fingerprint density at radius 2 is 1.84 bits per heavy atom. The maximum absolute atomic E-state index is 10.8. The Hall–Kier alpha value is -3.35. The maximum Gasteiger partial charge on any atom is 0.264 e. The van der Waals surface area contributed by atoms with E-state index in [9.17, 15) is 4.79 Å². The van der Waals surface area contributed by atoms with Crippen LogP contribution in [0.5, 0.6) is 17.2 Å². The van der Waals surface area contributed by atoms with Gasteiger partial charge in [0.2, 0.25) is 5.82 Å². The average molecular weight is 340 g/mol. The molecule has 0 N–H and O–H groups in total. The van der Waals surface area contributed by atoms with Gasteiger partial charge in [-0.2, -0.15) is 4.98 Å². The van der Waals surface area contributed by atoms with Crippen LogP contribution in [0.15, 0.2) is 47.0 Å². The zero-order valence-electron chi connectivity index (χ0n) is 13.8. The van der Waals surface area contributed by atoms with Gasteiger partial charge in [0.05, 0.1) is 19.8 Å². The average Bonchev–Trinajstić information content (AvgIpc) is 3.15. The molecule has 0 aliphatic carbocycles. The predicted molar refractivity (Wildman–Crippen MR) is 89.0 cm³/mol. The summed E-state index contributed by atoms with van der Waals surface area (Å²) < 4.78 is 21.4. The van der Waals surface area contributed by atoms with Gasteiger partial charge in [0.25, 0.3) is 5.89 Å². The summed E-state index contributed by atoms with van der Waals surface area (Å²) in [5.41, 5.74) is 1.23. The summed E-state index contributed by atoms with van der Waals surface area (Å²) in [6.07, 6.45) is 0.740. The van der Waals surface area contributed by atoms with Gasteiger partial charge in [-0.3, -0.25) is 4.79 Å². The summed E-state index contributed by atoms with van der Waals surface area (Å²) in [6, 6.07) is 12.3. The first-order chi connectivity index (χ1) is 12.2. The molecular formula is C18H16N2O5. The molecule has 7 heteroatoms. The van der Waals surface area contributed by atoms with Crippen molar-refractivity contribution in [1.29, 1.82) is 0 Å². The van der Waals surface area contributed by atoms with Crippen LogP contribution in [0.2, 0.25) is 0 Å². The van der Waals surface area contributed by atoms with Gasteiger partial charge >= 0.3 is 0 Å². The highest BCUT2D eigenvalue weighted by Gasteiger charge is 2.14. The zero-order chi connectivity index (χ0) is 17.6. The summed E-state index contributed by atoms with van der Waals surface area (Å²) in [7, 11) is 3.08. The van der Waals surface area contributed by atoms with Crippen LogP contribution in [-0.2, 0) is 6.61 Å². The van der Waals surface area contributed by atoms with E-state index in [2.05, 4.69) is 10.1 Å². The summed E-state index contributed by atoms with van der Waals surface area (Å²) in [5.74, 6) is 2.31. The normalized spacial score (nSPS) is 10.3. The van der Waals surface area contributed by atoms with E-state index in [1.54, 1.807) is 25.3 Å². The number of methoxy groups -OCH3 is 2. The molecule has 0 aliphatic heterocycles. The second kappa shape index (κ2) is 7.48. The summed E-state index contributed by atoms with van der Waals surface area (Å²) in [4.78, 5) is 15.1. The third-order valence-electron chi connectivity index (χ3n) is 3.49. The number of hydrogen-bond donors (Lipinski definition) is 0. The fourth-order valence-electron chi connectivity index (χ4n) is 2.27. The molecule has 0 fully saturated rings. The minimum Gasteiger partial charge on any atom is -0.496 e. The number of carbonyl (C=O) groups excluding carboxylic acids is 1. The maximum atomic E-state index is 10.8. The minimum absolute atomic E-state index is 0.0684. The second-order valence-electron chi connectivity index (χ2n) is 5.03. The van der Waals surface area contributed by atoms with Crippen LogP contribution in [0.4, 0.5) is 0 Å². The molecule has 0 spiro atoms. The molecule has 3 aromatic rings. The molecule has 2 aromatic carbocycles. The van der Waals surface area contributed by atoms with Gasteiger partial charge in [-0.15, -0.1) is 0 Å². The van der Waals surface area contributed by atoms with Gasteiger partial charge < -0.3 is 18.7 Å². The molecule has 0 radical (unpaired) electrons. The minimum atomic E-state index is 0.0684. The molecular weight excluding hydrogens is 324 g/mol. The summed E-state index contributed by atoms with van der Waals surface area (Å²) in [5, 5.41) is 3.95. The lowest BCUT2D eigenvalue weighted by Crippen LogP contribution is -1.99. The van der Waals surface area contributed by atoms with Crippen molar-refractivity contribution in [3.05, 3.63) is 53.9 Å². The first-order valence-electron chi connectivity index (χ1n) is 7.47. The SMILES string of the molecule is COc1cc(C=O)ccc1OCc1nc(-c2ccccc2OC)no1. The number of rotatable bonds is 7. The standard InChI is InChI=1S/C18H16N2O5/c1-22-14-6-4-3-5-13(14)18-19-17(25-20-18)11-24-15-8-7-12(10-21)9-16(15)23-2/h3-10H,11H2,1-2H3. The first-order valence-corrected chi connectivity index (χ1v) is 7.47. The zero-order valence-corrected chi connectivity index (χ0v) is 13.8. The van der Waals surface area contributed by atoms with Crippen molar-refractivity contribution in [2.24, 2.45) is 0 Å². The molecule has 0 amide bonds. The van der Waals surface area contributed by atoms with Crippen LogP contribution in [0, 0.1) is 0 Å². The van der Waals surface area contributed by atoms with E-state index in [-0.39, 0.29) is 6.61 Å². The van der Waals surface area contributed by atoms with Crippen molar-refractivity contribution in [2.75, 3.05) is 14.2 Å². The van der Waals surface area contributed by atoms with Crippen LogP contribution in [0.25, 0.3) is 11.4 Å². The number of aldehydes is 1. The Labute approximate surface area is 144 Å². The number of aromatic nitrogens is 2. The van der Waals surface area contributed by atoms with Gasteiger partial charge in [0.15, 0.2) is 18.1 Å². The number of benzene rings is 2. The van der Waals surface area contributed by atoms with E-state index in [0.717, 1.165) is 11.8 Å². The van der Waals surface area contributed by atoms with Crippen molar-refractivity contribution in [1.82, 2.24) is 10.1 Å². The third-order valence-corrected chi connectivity index (χ3v) is 3.49. The number of hydrogen-bond acceptors (Lipinski definition) is 7. The Morgan fingerprint density at radius 3 is 2.60 bits per heavy atom. The van der Waals surface area contributed by atoms with Crippen LogP contribution < -0.4 is 14.2 Å². The molecule has 25 heavy (non-hydrogen) atoms. The molecule has 3 rings (SSSR count). The van der Waals surface area contributed by atoms with Crippen LogP contribution in [0.3, 0.4) is 0 Å². The Balaban J connectivity index is 1.75. The lowest BCUT2D eigenvalue weighted by molar-refractivity contribution is 0.112. The second-order valence-corrected chi connectivity index (χ2v) is 5.03. The highest BCUT2D eigenvalue weighted by molar-refractivity contribution is 5.76. The van der Waals surface area contributed by atoms with Crippen molar-refractivity contribution in [3.63, 3.8) is 0 Å². The molecule has 0 atom stereocenters. The van der Waals surface area contributed by atoms with Gasteiger partial charge in [-0.1, -0.05) is 17.3 Å². The van der Waals surface area contributed by atoms with Crippen molar-refractivity contribution >= 4 is 6.29 Å². The molecule has 0 bridgehead atoms. The molecule has 7 nitrogen and oxygen atoms in total. The summed E-state index contributed by atoms with van der Waals surface area (Å²) >= 11 is 0. The molecule has 1 aromatic heterocycles. The highest BCUT2D eigenvalue weighted by atomic mass is 16.5. The Bertz CT molecular complexity index is 875. The van der Waals surface area contributed by atoms with E-state index >= 15 is 0 Å².